The van der Waals surface area contributed by atoms with Crippen LogP contribution in [-0.4, -0.2) is 47.6 Å². The van der Waals surface area contributed by atoms with Crippen molar-refractivity contribution in [2.45, 2.75) is 51.4 Å². The van der Waals surface area contributed by atoms with Crippen molar-refractivity contribution in [3.05, 3.63) is 0 Å². The first kappa shape index (κ1) is 13.3. The predicted molar refractivity (Wildman–Crippen MR) is 70.7 cm³/mol. The average molecular weight is 230 g/mol. The molecule has 15 heavy (non-hydrogen) atoms. The van der Waals surface area contributed by atoms with Gasteiger partial charge in [-0.25, -0.2) is 0 Å². The van der Waals surface area contributed by atoms with Crippen molar-refractivity contribution in [3.8, 4) is 0 Å². The zero-order valence-electron chi connectivity index (χ0n) is 10.6. The van der Waals surface area contributed by atoms with Gasteiger partial charge in [0.15, 0.2) is 0 Å². The topological polar surface area (TPSA) is 15.3 Å². The summed E-state index contributed by atoms with van der Waals surface area (Å²) in [5.41, 5.74) is 0. The van der Waals surface area contributed by atoms with E-state index >= 15 is 0 Å². The van der Waals surface area contributed by atoms with Crippen LogP contribution in [0, 0.1) is 0 Å². The maximum atomic E-state index is 3.57. The van der Waals surface area contributed by atoms with Crippen molar-refractivity contribution in [1.82, 2.24) is 10.2 Å². The van der Waals surface area contributed by atoms with Crippen LogP contribution < -0.4 is 5.32 Å². The van der Waals surface area contributed by atoms with E-state index in [0.29, 0.717) is 6.04 Å². The second-order valence-corrected chi connectivity index (χ2v) is 6.10. The number of thioether (sulfide) groups is 1. The van der Waals surface area contributed by atoms with Gasteiger partial charge in [-0.3, -0.25) is 4.90 Å². The summed E-state index contributed by atoms with van der Waals surface area (Å²) in [6.07, 6.45) is 1.22. The molecule has 0 amide bonds. The molecule has 3 heteroatoms. The maximum Gasteiger partial charge on any atom is 0.0184 e. The second-order valence-electron chi connectivity index (χ2n) is 4.62. The van der Waals surface area contributed by atoms with Crippen molar-refractivity contribution in [2.24, 2.45) is 0 Å². The Morgan fingerprint density at radius 1 is 1.47 bits per heavy atom. The summed E-state index contributed by atoms with van der Waals surface area (Å²) in [5.74, 6) is 1.30. The molecule has 0 bridgehead atoms. The van der Waals surface area contributed by atoms with E-state index in [9.17, 15) is 0 Å². The molecule has 0 spiro atoms. The van der Waals surface area contributed by atoms with E-state index in [1.807, 2.05) is 0 Å². The molecule has 0 radical (unpaired) electrons. The molecule has 1 aliphatic heterocycles. The molecule has 3 unspecified atom stereocenters. The summed E-state index contributed by atoms with van der Waals surface area (Å²) in [6, 6.07) is 1.40. The van der Waals surface area contributed by atoms with Crippen molar-refractivity contribution in [3.63, 3.8) is 0 Å². The highest BCUT2D eigenvalue weighted by Crippen LogP contribution is 2.23. The Bertz CT molecular complexity index is 175. The van der Waals surface area contributed by atoms with Gasteiger partial charge < -0.3 is 5.32 Å². The molecule has 1 rings (SSSR count). The Labute approximate surface area is 99.2 Å². The fourth-order valence-corrected chi connectivity index (χ4v) is 3.07. The fourth-order valence-electron chi connectivity index (χ4n) is 1.91. The normalized spacial score (nSPS) is 30.4. The summed E-state index contributed by atoms with van der Waals surface area (Å²) in [6.45, 7) is 12.8. The quantitative estimate of drug-likeness (QED) is 0.779. The van der Waals surface area contributed by atoms with Gasteiger partial charge in [0.05, 0.1) is 0 Å². The predicted octanol–water partition coefficient (Wildman–Crippen LogP) is 2.20. The Kier molecular flexibility index (Phi) is 6.02. The van der Waals surface area contributed by atoms with Gasteiger partial charge >= 0.3 is 0 Å². The van der Waals surface area contributed by atoms with Crippen LogP contribution in [0.4, 0.5) is 0 Å². The van der Waals surface area contributed by atoms with Crippen LogP contribution in [0.15, 0.2) is 0 Å². The van der Waals surface area contributed by atoms with Gasteiger partial charge in [0.2, 0.25) is 0 Å². The van der Waals surface area contributed by atoms with Gasteiger partial charge in [-0.2, -0.15) is 11.8 Å². The summed E-state index contributed by atoms with van der Waals surface area (Å²) in [5, 5.41) is 4.36. The van der Waals surface area contributed by atoms with Gasteiger partial charge in [0, 0.05) is 42.7 Å². The molecule has 1 aliphatic rings. The van der Waals surface area contributed by atoms with E-state index in [4.69, 9.17) is 0 Å². The lowest BCUT2D eigenvalue weighted by Crippen LogP contribution is -2.47. The zero-order chi connectivity index (χ0) is 11.3. The largest absolute Gasteiger partial charge is 0.313 e. The molecule has 1 heterocycles. The average Bonchev–Trinajstić information content (AvgIpc) is 2.24. The number of nitrogens with zero attached hydrogens (tertiary/aromatic N) is 1. The molecule has 0 saturated carbocycles. The van der Waals surface area contributed by atoms with E-state index in [-0.39, 0.29) is 0 Å². The van der Waals surface area contributed by atoms with E-state index in [1.54, 1.807) is 0 Å². The van der Waals surface area contributed by atoms with Crippen LogP contribution in [0.1, 0.15) is 34.1 Å². The van der Waals surface area contributed by atoms with Gasteiger partial charge in [-0.15, -0.1) is 0 Å². The standard InChI is InChI=1S/C12H26N2S/c1-5-10(2)13-6-7-14-8-9-15-12(4)11(14)3/h10-13H,5-9H2,1-4H3. The number of nitrogens with one attached hydrogen (secondary N) is 1. The molecule has 0 aliphatic carbocycles. The first-order valence-electron chi connectivity index (χ1n) is 6.24. The molecular weight excluding hydrogens is 204 g/mol. The van der Waals surface area contributed by atoms with Crippen molar-refractivity contribution in [2.75, 3.05) is 25.4 Å². The molecule has 1 N–H and O–H groups in total. The van der Waals surface area contributed by atoms with E-state index in [2.05, 4.69) is 49.7 Å². The maximum absolute atomic E-state index is 3.57. The van der Waals surface area contributed by atoms with E-state index < -0.39 is 0 Å². The lowest BCUT2D eigenvalue weighted by Gasteiger charge is -2.37. The molecule has 90 valence electrons. The van der Waals surface area contributed by atoms with E-state index in [1.165, 1.54) is 25.3 Å². The smallest absolute Gasteiger partial charge is 0.0184 e. The minimum absolute atomic E-state index is 0.664. The lowest BCUT2D eigenvalue weighted by atomic mass is 10.2. The van der Waals surface area contributed by atoms with Gasteiger partial charge in [0.1, 0.15) is 0 Å². The van der Waals surface area contributed by atoms with Crippen molar-refractivity contribution >= 4 is 11.8 Å². The summed E-state index contributed by atoms with van der Waals surface area (Å²) >= 11 is 2.11. The summed E-state index contributed by atoms with van der Waals surface area (Å²) in [7, 11) is 0. The first-order valence-corrected chi connectivity index (χ1v) is 7.29. The molecule has 1 fully saturated rings. The minimum atomic E-state index is 0.664. The second kappa shape index (κ2) is 6.77. The zero-order valence-corrected chi connectivity index (χ0v) is 11.4. The third-order valence-electron chi connectivity index (χ3n) is 3.52. The van der Waals surface area contributed by atoms with Gasteiger partial charge in [0.25, 0.3) is 0 Å². The van der Waals surface area contributed by atoms with Crippen LogP contribution in [-0.2, 0) is 0 Å². The summed E-state index contributed by atoms with van der Waals surface area (Å²) < 4.78 is 0. The highest BCUT2D eigenvalue weighted by molar-refractivity contribution is 8.00. The van der Waals surface area contributed by atoms with Crippen LogP contribution in [0.2, 0.25) is 0 Å². The molecular formula is C12H26N2S. The number of hydrogen-bond donors (Lipinski definition) is 1. The third-order valence-corrected chi connectivity index (χ3v) is 4.86. The Morgan fingerprint density at radius 2 is 2.20 bits per heavy atom. The monoisotopic (exact) mass is 230 g/mol. The highest BCUT2D eigenvalue weighted by Gasteiger charge is 2.24. The van der Waals surface area contributed by atoms with Crippen LogP contribution >= 0.6 is 11.8 Å². The minimum Gasteiger partial charge on any atom is -0.313 e. The summed E-state index contributed by atoms with van der Waals surface area (Å²) in [4.78, 5) is 2.62. The van der Waals surface area contributed by atoms with Gasteiger partial charge in [-0.1, -0.05) is 13.8 Å². The molecule has 0 aromatic rings. The SMILES string of the molecule is CCC(C)NCCN1CCSC(C)C1C. The van der Waals surface area contributed by atoms with Gasteiger partial charge in [-0.05, 0) is 20.3 Å². The number of hydrogen-bond acceptors (Lipinski definition) is 3. The Hall–Kier alpha value is 0.270. The molecule has 3 atom stereocenters. The lowest BCUT2D eigenvalue weighted by molar-refractivity contribution is 0.211. The first-order chi connectivity index (χ1) is 7.15. The molecule has 0 aromatic heterocycles. The number of rotatable bonds is 5. The van der Waals surface area contributed by atoms with Crippen molar-refractivity contribution in [1.29, 1.82) is 0 Å². The Morgan fingerprint density at radius 3 is 2.87 bits per heavy atom. The van der Waals surface area contributed by atoms with Crippen LogP contribution in [0.5, 0.6) is 0 Å². The molecule has 2 nitrogen and oxygen atoms in total. The molecule has 0 aromatic carbocycles. The fraction of sp³-hybridized carbons (Fsp3) is 1.00. The Balaban J connectivity index is 2.19. The third kappa shape index (κ3) is 4.33. The highest BCUT2D eigenvalue weighted by atomic mass is 32.2. The van der Waals surface area contributed by atoms with Crippen LogP contribution in [0.3, 0.4) is 0 Å². The van der Waals surface area contributed by atoms with Crippen molar-refractivity contribution < 1.29 is 0 Å². The molecule has 1 saturated heterocycles. The van der Waals surface area contributed by atoms with Crippen LogP contribution in [0.25, 0.3) is 0 Å². The van der Waals surface area contributed by atoms with E-state index in [0.717, 1.165) is 17.8 Å².